The van der Waals surface area contributed by atoms with Crippen LogP contribution in [0.3, 0.4) is 0 Å². The Balaban J connectivity index is 2.02. The Kier molecular flexibility index (Phi) is 3.59. The Morgan fingerprint density at radius 3 is 2.87 bits per heavy atom. The summed E-state index contributed by atoms with van der Waals surface area (Å²) in [6.07, 6.45) is 5.62. The third kappa shape index (κ3) is 2.67. The molecule has 1 aromatic rings. The fourth-order valence-corrected chi connectivity index (χ4v) is 2.04. The molecule has 116 valence electrons. The number of nitrogens with zero attached hydrogens (tertiary/aromatic N) is 3. The van der Waals surface area contributed by atoms with Crippen molar-refractivity contribution >= 4 is 11.9 Å². The minimum atomic E-state index is -0.675. The molecule has 2 aliphatic rings. The third-order valence-corrected chi connectivity index (χ3v) is 3.12. The van der Waals surface area contributed by atoms with E-state index < -0.39 is 17.4 Å². The number of H-pyrrole nitrogens is 1. The van der Waals surface area contributed by atoms with Gasteiger partial charge in [0.1, 0.15) is 11.3 Å². The van der Waals surface area contributed by atoms with Crippen LogP contribution in [0.1, 0.15) is 20.7 Å². The zero-order valence-corrected chi connectivity index (χ0v) is 11.9. The number of hydrogen-bond acceptors (Lipinski definition) is 6. The van der Waals surface area contributed by atoms with Crippen molar-refractivity contribution in [3.63, 3.8) is 0 Å². The van der Waals surface area contributed by atoms with Crippen LogP contribution in [0.15, 0.2) is 41.7 Å². The first-order chi connectivity index (χ1) is 11.1. The summed E-state index contributed by atoms with van der Waals surface area (Å²) in [5.41, 5.74) is 2.77. The molecule has 1 amide bonds. The van der Waals surface area contributed by atoms with E-state index in [-0.39, 0.29) is 16.8 Å². The smallest absolute Gasteiger partial charge is 0.341 e. The van der Waals surface area contributed by atoms with Gasteiger partial charge in [-0.05, 0) is 12.1 Å². The van der Waals surface area contributed by atoms with E-state index in [2.05, 4.69) is 25.3 Å². The van der Waals surface area contributed by atoms with E-state index in [9.17, 15) is 14.4 Å². The molecular weight excluding hydrogens is 302 g/mol. The minimum Gasteiger partial charge on any atom is -0.465 e. The van der Waals surface area contributed by atoms with E-state index in [1.165, 1.54) is 30.4 Å². The van der Waals surface area contributed by atoms with Gasteiger partial charge in [-0.1, -0.05) is 0 Å². The van der Waals surface area contributed by atoms with Gasteiger partial charge in [-0.2, -0.15) is 5.10 Å². The van der Waals surface area contributed by atoms with Crippen molar-refractivity contribution < 1.29 is 14.3 Å². The molecule has 0 aromatic carbocycles. The molecule has 0 atom stereocenters. The molecule has 0 bridgehead atoms. The monoisotopic (exact) mass is 313 g/mol. The van der Waals surface area contributed by atoms with E-state index in [1.54, 1.807) is 18.3 Å². The summed E-state index contributed by atoms with van der Waals surface area (Å²) in [5, 5.41) is 6.05. The van der Waals surface area contributed by atoms with Crippen LogP contribution in [0, 0.1) is 0 Å². The van der Waals surface area contributed by atoms with Gasteiger partial charge in [0.15, 0.2) is 0 Å². The molecule has 23 heavy (non-hydrogen) atoms. The Morgan fingerprint density at radius 2 is 2.17 bits per heavy atom. The highest BCUT2D eigenvalue weighted by Gasteiger charge is 2.22. The van der Waals surface area contributed by atoms with Gasteiger partial charge in [0.2, 0.25) is 0 Å². The number of pyridine rings is 2. The Morgan fingerprint density at radius 1 is 1.35 bits per heavy atom. The second-order valence-electron chi connectivity index (χ2n) is 4.57. The largest absolute Gasteiger partial charge is 0.465 e. The quantitative estimate of drug-likeness (QED) is 0.669. The molecule has 0 aliphatic carbocycles. The second-order valence-corrected chi connectivity index (χ2v) is 4.57. The lowest BCUT2D eigenvalue weighted by atomic mass is 10.1. The fourth-order valence-electron chi connectivity index (χ4n) is 2.04. The van der Waals surface area contributed by atoms with Gasteiger partial charge in [0.25, 0.3) is 11.5 Å². The molecule has 2 aliphatic heterocycles. The van der Waals surface area contributed by atoms with Crippen molar-refractivity contribution in [1.82, 2.24) is 19.9 Å². The van der Waals surface area contributed by atoms with Crippen LogP contribution >= 0.6 is 0 Å². The number of aromatic nitrogens is 4. The summed E-state index contributed by atoms with van der Waals surface area (Å²) in [6.45, 7) is 0. The maximum absolute atomic E-state index is 12.1. The lowest BCUT2D eigenvalue weighted by molar-refractivity contribution is 0.0600. The van der Waals surface area contributed by atoms with E-state index in [1.807, 2.05) is 0 Å². The summed E-state index contributed by atoms with van der Waals surface area (Å²) in [5.74, 6) is -1.12. The SMILES string of the molecule is COC(=O)c1cn(NC(=O)c2cccnc2)cc2c(=O)[nH]nc1-2. The highest BCUT2D eigenvalue weighted by atomic mass is 16.5. The van der Waals surface area contributed by atoms with Crippen LogP contribution in [0.25, 0.3) is 11.3 Å². The molecule has 0 radical (unpaired) electrons. The van der Waals surface area contributed by atoms with Gasteiger partial charge >= 0.3 is 5.97 Å². The van der Waals surface area contributed by atoms with Crippen molar-refractivity contribution in [1.29, 1.82) is 0 Å². The van der Waals surface area contributed by atoms with E-state index in [0.29, 0.717) is 5.56 Å². The van der Waals surface area contributed by atoms with Gasteiger partial charge in [0.05, 0.1) is 18.2 Å². The molecule has 9 nitrogen and oxygen atoms in total. The number of amides is 1. The second kappa shape index (κ2) is 5.72. The molecule has 0 fully saturated rings. The summed E-state index contributed by atoms with van der Waals surface area (Å²) in [7, 11) is 1.21. The highest BCUT2D eigenvalue weighted by Crippen LogP contribution is 2.20. The van der Waals surface area contributed by atoms with Crippen LogP contribution in [-0.2, 0) is 4.74 Å². The first-order valence-corrected chi connectivity index (χ1v) is 6.50. The van der Waals surface area contributed by atoms with E-state index >= 15 is 0 Å². The number of esters is 1. The molecule has 2 N–H and O–H groups in total. The summed E-state index contributed by atoms with van der Waals surface area (Å²) in [4.78, 5) is 39.6. The number of rotatable bonds is 3. The molecular formula is C14H11N5O4. The molecule has 9 heteroatoms. The van der Waals surface area contributed by atoms with Crippen LogP contribution in [0.5, 0.6) is 0 Å². The summed E-state index contributed by atoms with van der Waals surface area (Å²) < 4.78 is 5.88. The number of fused-ring (bicyclic) bond motifs is 1. The van der Waals surface area contributed by atoms with Crippen molar-refractivity contribution in [2.75, 3.05) is 12.5 Å². The number of carbonyl (C=O) groups excluding carboxylic acids is 2. The lowest BCUT2D eigenvalue weighted by Gasteiger charge is -2.12. The van der Waals surface area contributed by atoms with Gasteiger partial charge in [-0.25, -0.2) is 9.89 Å². The van der Waals surface area contributed by atoms with Crippen molar-refractivity contribution in [3.8, 4) is 11.3 Å². The molecule has 0 saturated carbocycles. The summed E-state index contributed by atoms with van der Waals surface area (Å²) >= 11 is 0. The highest BCUT2D eigenvalue weighted by molar-refractivity contribution is 6.00. The molecule has 3 rings (SSSR count). The number of carbonyl (C=O) groups is 2. The minimum absolute atomic E-state index is 0.0508. The zero-order valence-electron chi connectivity index (χ0n) is 11.9. The molecule has 0 spiro atoms. The molecule has 3 heterocycles. The molecule has 0 unspecified atom stereocenters. The lowest BCUT2D eigenvalue weighted by Crippen LogP contribution is -2.25. The number of methoxy groups -OCH3 is 1. The van der Waals surface area contributed by atoms with Gasteiger partial charge in [0, 0.05) is 24.8 Å². The first-order valence-electron chi connectivity index (χ1n) is 6.50. The average molecular weight is 313 g/mol. The van der Waals surface area contributed by atoms with Crippen LogP contribution in [-0.4, -0.2) is 38.8 Å². The Bertz CT molecular complexity index is 899. The summed E-state index contributed by atoms with van der Waals surface area (Å²) in [6, 6.07) is 3.20. The Hall–Kier alpha value is -3.49. The Labute approximate surface area is 129 Å². The topological polar surface area (TPSA) is 119 Å². The molecule has 0 saturated heterocycles. The number of ether oxygens (including phenoxy) is 1. The van der Waals surface area contributed by atoms with Crippen molar-refractivity contribution in [3.05, 3.63) is 58.4 Å². The average Bonchev–Trinajstić information content (AvgIpc) is 2.95. The van der Waals surface area contributed by atoms with E-state index in [4.69, 9.17) is 0 Å². The fraction of sp³-hybridized carbons (Fsp3) is 0.0714. The number of hydrogen-bond donors (Lipinski definition) is 2. The normalized spacial score (nSPS) is 10.5. The van der Waals surface area contributed by atoms with Gasteiger partial charge < -0.3 is 4.74 Å². The van der Waals surface area contributed by atoms with Crippen molar-refractivity contribution in [2.45, 2.75) is 0 Å². The van der Waals surface area contributed by atoms with Crippen LogP contribution in [0.2, 0.25) is 0 Å². The number of aromatic amines is 1. The predicted octanol–water partition coefficient (Wildman–Crippen LogP) is 0.242. The van der Waals surface area contributed by atoms with E-state index in [0.717, 1.165) is 0 Å². The van der Waals surface area contributed by atoms with Crippen LogP contribution in [0.4, 0.5) is 0 Å². The van der Waals surface area contributed by atoms with Gasteiger partial charge in [-0.15, -0.1) is 0 Å². The van der Waals surface area contributed by atoms with Gasteiger partial charge in [-0.3, -0.25) is 24.7 Å². The maximum atomic E-state index is 12.1. The molecule has 1 aromatic heterocycles. The predicted molar refractivity (Wildman–Crippen MR) is 78.7 cm³/mol. The maximum Gasteiger partial charge on any atom is 0.341 e. The standard InChI is InChI=1S/C14H11N5O4/c1-23-14(22)10-7-19(6-9-11(10)16-17-13(9)21)18-12(20)8-3-2-4-15-5-8/h2-7H,1H3,(H,17,21)(H,18,20). The van der Waals surface area contributed by atoms with Crippen LogP contribution < -0.4 is 11.0 Å². The van der Waals surface area contributed by atoms with Crippen molar-refractivity contribution in [2.24, 2.45) is 0 Å². The zero-order chi connectivity index (χ0) is 16.4. The first kappa shape index (κ1) is 14.4. The number of nitrogens with one attached hydrogen (secondary N) is 2. The third-order valence-electron chi connectivity index (χ3n) is 3.12.